The number of aryl methyl sites for hydroxylation is 4. The maximum atomic E-state index is 2.52. The van der Waals surface area contributed by atoms with Crippen LogP contribution in [0.3, 0.4) is 0 Å². The Bertz CT molecular complexity index is 2270. The van der Waals surface area contributed by atoms with Crippen LogP contribution in [0.2, 0.25) is 0 Å². The Kier molecular flexibility index (Phi) is 4.70. The number of aromatic nitrogens is 2. The van der Waals surface area contributed by atoms with Crippen LogP contribution in [0.4, 0.5) is 0 Å². The summed E-state index contributed by atoms with van der Waals surface area (Å²) in [5, 5.41) is 2.68. The summed E-state index contributed by atoms with van der Waals surface area (Å²) >= 11 is 7.72. The van der Waals surface area contributed by atoms with E-state index >= 15 is 0 Å². The summed E-state index contributed by atoms with van der Waals surface area (Å²) in [7, 11) is 0. The molecule has 9 rings (SSSR count). The van der Waals surface area contributed by atoms with Crippen LogP contribution in [0.1, 0.15) is 20.9 Å². The van der Waals surface area contributed by atoms with E-state index in [4.69, 9.17) is 0 Å². The zero-order chi connectivity index (χ0) is 26.9. The number of thiophene rings is 4. The molecule has 3 aromatic carbocycles. The quantitative estimate of drug-likeness (QED) is 0.190. The summed E-state index contributed by atoms with van der Waals surface area (Å²) in [6.45, 7) is 8.77. The van der Waals surface area contributed by atoms with Crippen LogP contribution >= 0.6 is 45.3 Å². The van der Waals surface area contributed by atoms with Crippen LogP contribution in [0.15, 0.2) is 72.8 Å². The first-order valence-electron chi connectivity index (χ1n) is 13.4. The minimum atomic E-state index is 1.23. The van der Waals surface area contributed by atoms with Crippen molar-refractivity contribution in [3.63, 3.8) is 0 Å². The fourth-order valence-corrected chi connectivity index (χ4v) is 11.3. The van der Waals surface area contributed by atoms with E-state index < -0.39 is 0 Å². The third-order valence-corrected chi connectivity index (χ3v) is 12.7. The summed E-state index contributed by atoms with van der Waals surface area (Å²) in [4.78, 5) is 2.74. The lowest BCUT2D eigenvalue weighted by Gasteiger charge is -2.10. The van der Waals surface area contributed by atoms with Crippen molar-refractivity contribution in [2.24, 2.45) is 0 Å². The average Bonchev–Trinajstić information content (AvgIpc) is 3.74. The first-order valence-corrected chi connectivity index (χ1v) is 16.7. The van der Waals surface area contributed by atoms with E-state index in [2.05, 4.69) is 110 Å². The standard InChI is InChI=1S/C34H24N2S4/c1-17-5-9-21(10-6-17)35-25-15-24-26(16-23(25)31-29(35)33-27(39-31)13-19(3)37-33)36(22-11-7-18(2)8-12-22)30-32(24)40-28-14-20(4)38-34(28)30/h5-16H,1-4H3. The highest BCUT2D eigenvalue weighted by Crippen LogP contribution is 2.50. The number of fused-ring (bicyclic) bond motifs is 10. The molecule has 0 spiro atoms. The summed E-state index contributed by atoms with van der Waals surface area (Å²) in [5.74, 6) is 0. The van der Waals surface area contributed by atoms with Gasteiger partial charge in [-0.25, -0.2) is 0 Å². The van der Waals surface area contributed by atoms with E-state index in [0.717, 1.165) is 0 Å². The zero-order valence-electron chi connectivity index (χ0n) is 22.5. The Balaban J connectivity index is 1.50. The first-order chi connectivity index (χ1) is 19.4. The van der Waals surface area contributed by atoms with E-state index in [9.17, 15) is 0 Å². The molecule has 9 aromatic rings. The lowest BCUT2D eigenvalue weighted by Crippen LogP contribution is -1.95. The summed E-state index contributed by atoms with van der Waals surface area (Å²) in [5.41, 5.74) is 10.3. The molecule has 0 aliphatic carbocycles. The predicted molar refractivity (Wildman–Crippen MR) is 181 cm³/mol. The molecule has 0 aliphatic heterocycles. The van der Waals surface area contributed by atoms with Gasteiger partial charge in [-0.05, 0) is 76.2 Å². The van der Waals surface area contributed by atoms with Crippen molar-refractivity contribution in [2.75, 3.05) is 0 Å². The molecule has 6 heterocycles. The molecule has 0 saturated carbocycles. The lowest BCUT2D eigenvalue weighted by atomic mass is 10.1. The van der Waals surface area contributed by atoms with Crippen LogP contribution < -0.4 is 0 Å². The molecule has 0 N–H and O–H groups in total. The lowest BCUT2D eigenvalue weighted by molar-refractivity contribution is 1.18. The van der Waals surface area contributed by atoms with E-state index in [-0.39, 0.29) is 0 Å². The molecule has 0 unspecified atom stereocenters. The third kappa shape index (κ3) is 3.08. The fourth-order valence-electron chi connectivity index (χ4n) is 6.23. The van der Waals surface area contributed by atoms with Crippen LogP contribution in [0.5, 0.6) is 0 Å². The van der Waals surface area contributed by atoms with Crippen molar-refractivity contribution < 1.29 is 0 Å². The second-order valence-electron chi connectivity index (χ2n) is 10.9. The molecule has 40 heavy (non-hydrogen) atoms. The van der Waals surface area contributed by atoms with Gasteiger partial charge in [-0.3, -0.25) is 0 Å². The van der Waals surface area contributed by atoms with Gasteiger partial charge >= 0.3 is 0 Å². The van der Waals surface area contributed by atoms with Gasteiger partial charge in [0.25, 0.3) is 0 Å². The third-order valence-electron chi connectivity index (χ3n) is 8.04. The smallest absolute Gasteiger partial charge is 0.0828 e. The van der Waals surface area contributed by atoms with Gasteiger partial charge in [-0.1, -0.05) is 35.4 Å². The summed E-state index contributed by atoms with van der Waals surface area (Å²) < 4.78 is 13.4. The van der Waals surface area contributed by atoms with Gasteiger partial charge in [0, 0.05) is 41.3 Å². The second-order valence-corrected chi connectivity index (χ2v) is 15.5. The van der Waals surface area contributed by atoms with Crippen LogP contribution in [0, 0.1) is 27.7 Å². The van der Waals surface area contributed by atoms with Crippen molar-refractivity contribution in [2.45, 2.75) is 27.7 Å². The van der Waals surface area contributed by atoms with Gasteiger partial charge in [0.1, 0.15) is 0 Å². The Morgan fingerprint density at radius 3 is 1.25 bits per heavy atom. The topological polar surface area (TPSA) is 9.86 Å². The van der Waals surface area contributed by atoms with Crippen molar-refractivity contribution >= 4 is 106 Å². The normalized spacial score (nSPS) is 12.5. The first kappa shape index (κ1) is 23.3. The van der Waals surface area contributed by atoms with Crippen molar-refractivity contribution in [3.8, 4) is 11.4 Å². The van der Waals surface area contributed by atoms with Crippen molar-refractivity contribution in [3.05, 3.63) is 93.7 Å². The van der Waals surface area contributed by atoms with Gasteiger partial charge in [0.05, 0.1) is 40.9 Å². The average molecular weight is 589 g/mol. The Hall–Kier alpha value is -3.42. The van der Waals surface area contributed by atoms with E-state index in [1.165, 1.54) is 93.3 Å². The van der Waals surface area contributed by atoms with Gasteiger partial charge in [0.2, 0.25) is 0 Å². The Labute approximate surface area is 246 Å². The molecule has 0 saturated heterocycles. The monoisotopic (exact) mass is 588 g/mol. The number of rotatable bonds is 2. The second kappa shape index (κ2) is 8.08. The van der Waals surface area contributed by atoms with Crippen molar-refractivity contribution in [1.29, 1.82) is 0 Å². The van der Waals surface area contributed by atoms with Gasteiger partial charge in [-0.2, -0.15) is 0 Å². The molecular weight excluding hydrogens is 565 g/mol. The Morgan fingerprint density at radius 2 is 0.850 bits per heavy atom. The van der Waals surface area contributed by atoms with Crippen LogP contribution in [0.25, 0.3) is 72.4 Å². The molecule has 2 nitrogen and oxygen atoms in total. The van der Waals surface area contributed by atoms with Crippen LogP contribution in [-0.2, 0) is 0 Å². The molecule has 0 amide bonds. The molecule has 0 atom stereocenters. The molecule has 0 fully saturated rings. The zero-order valence-corrected chi connectivity index (χ0v) is 25.7. The summed E-state index contributed by atoms with van der Waals surface area (Å²) in [6, 6.07) is 27.7. The number of hydrogen-bond acceptors (Lipinski definition) is 4. The maximum Gasteiger partial charge on any atom is 0.0828 e. The minimum absolute atomic E-state index is 1.23. The highest BCUT2D eigenvalue weighted by Gasteiger charge is 2.24. The SMILES string of the molecule is Cc1ccc(-n2c3cc4c5sc6cc(C)sc6c5n(-c5ccc(C)cc5)c4cc3c3sc4cc(C)sc4c32)cc1. The number of benzene rings is 3. The fraction of sp³-hybridized carbons (Fsp3) is 0.118. The molecule has 6 heteroatoms. The highest BCUT2D eigenvalue weighted by molar-refractivity contribution is 7.34. The Morgan fingerprint density at radius 1 is 0.450 bits per heavy atom. The number of hydrogen-bond donors (Lipinski definition) is 0. The van der Waals surface area contributed by atoms with Crippen LogP contribution in [-0.4, -0.2) is 9.13 Å². The van der Waals surface area contributed by atoms with E-state index in [1.54, 1.807) is 0 Å². The molecule has 0 bridgehead atoms. The largest absolute Gasteiger partial charge is 0.307 e. The van der Waals surface area contributed by atoms with E-state index in [0.29, 0.717) is 0 Å². The van der Waals surface area contributed by atoms with E-state index in [1.807, 2.05) is 45.3 Å². The molecule has 0 aliphatic rings. The molecule has 6 aromatic heterocycles. The maximum absolute atomic E-state index is 2.52. The summed E-state index contributed by atoms with van der Waals surface area (Å²) in [6.07, 6.45) is 0. The van der Waals surface area contributed by atoms with Gasteiger partial charge in [0.15, 0.2) is 0 Å². The highest BCUT2D eigenvalue weighted by atomic mass is 32.1. The van der Waals surface area contributed by atoms with Gasteiger partial charge in [-0.15, -0.1) is 45.3 Å². The minimum Gasteiger partial charge on any atom is -0.307 e. The molecule has 0 radical (unpaired) electrons. The molecular formula is C34H24N2S4. The predicted octanol–water partition coefficient (Wildman–Crippen LogP) is 11.7. The molecule has 194 valence electrons. The van der Waals surface area contributed by atoms with Crippen molar-refractivity contribution in [1.82, 2.24) is 9.13 Å². The number of nitrogens with zero attached hydrogens (tertiary/aromatic N) is 2. The van der Waals surface area contributed by atoms with Gasteiger partial charge < -0.3 is 9.13 Å².